The summed E-state index contributed by atoms with van der Waals surface area (Å²) in [7, 11) is -4.79. The largest absolute Gasteiger partial charge is 0.490 e. The summed E-state index contributed by atoms with van der Waals surface area (Å²) in [6, 6.07) is 39.7. The molecule has 5 heterocycles. The Balaban J connectivity index is 0.909. The highest BCUT2D eigenvalue weighted by Gasteiger charge is 2.62. The van der Waals surface area contributed by atoms with E-state index in [1.807, 2.05) is 97.1 Å². The predicted octanol–water partition coefficient (Wildman–Crippen LogP) is 4.67. The first-order chi connectivity index (χ1) is 35.7. The maximum atomic E-state index is 13.6. The second kappa shape index (κ2) is 20.3. The van der Waals surface area contributed by atoms with Crippen LogP contribution in [-0.4, -0.2) is 103 Å². The Morgan fingerprint density at radius 1 is 0.384 bits per heavy atom. The van der Waals surface area contributed by atoms with E-state index in [0.29, 0.717) is 5.75 Å². The first-order valence-corrected chi connectivity index (χ1v) is 28.8. The van der Waals surface area contributed by atoms with Gasteiger partial charge in [-0.3, -0.25) is 47.1 Å². The van der Waals surface area contributed by atoms with Gasteiger partial charge in [-0.1, -0.05) is 72.8 Å². The minimum Gasteiger partial charge on any atom is -0.490 e. The Morgan fingerprint density at radius 3 is 1.01 bits per heavy atom. The summed E-state index contributed by atoms with van der Waals surface area (Å²) in [5.74, 6) is 3.08. The number of fused-ring (bicyclic) bond motifs is 20. The smallest absolute Gasteiger partial charge is 0.274 e. The number of aliphatic hydroxyl groups is 1. The lowest BCUT2D eigenvalue weighted by molar-refractivity contribution is -0.0217. The van der Waals surface area contributed by atoms with Crippen LogP contribution in [-0.2, 0) is 10.1 Å². The highest BCUT2D eigenvalue weighted by atomic mass is 32.2. The molecule has 17 heteroatoms. The van der Waals surface area contributed by atoms with Gasteiger partial charge in [0.1, 0.15) is 52.7 Å². The fourth-order valence-corrected chi connectivity index (χ4v) is 16.7. The van der Waals surface area contributed by atoms with E-state index in [0.717, 1.165) is 75.0 Å². The minimum atomic E-state index is -4.79. The summed E-state index contributed by atoms with van der Waals surface area (Å²) < 4.78 is 65.9. The average Bonchev–Trinajstić information content (AvgIpc) is 4.14. The van der Waals surface area contributed by atoms with Gasteiger partial charge >= 0.3 is 0 Å². The lowest BCUT2D eigenvalue weighted by atomic mass is 9.73. The Kier molecular flexibility index (Phi) is 13.4. The molecular formula is C56H72N8O8S. The highest BCUT2D eigenvalue weighted by molar-refractivity contribution is 7.86. The average molecular weight is 1020 g/mol. The van der Waals surface area contributed by atoms with E-state index in [1.165, 1.54) is 0 Å². The topological polar surface area (TPSA) is 208 Å². The second-order valence-corrected chi connectivity index (χ2v) is 24.1. The first-order valence-electron chi connectivity index (χ1n) is 27.3. The van der Waals surface area contributed by atoms with Crippen LogP contribution in [0.3, 0.4) is 0 Å². The second-order valence-electron chi connectivity index (χ2n) is 22.5. The minimum absolute atomic E-state index is 0.0126. The van der Waals surface area contributed by atoms with Crippen LogP contribution in [0.2, 0.25) is 0 Å². The maximum absolute atomic E-state index is 13.6. The highest BCUT2D eigenvalue weighted by Crippen LogP contribution is 2.49. The summed E-state index contributed by atoms with van der Waals surface area (Å²) >= 11 is 0. The number of benzene rings is 4. The zero-order valence-electron chi connectivity index (χ0n) is 41.1. The van der Waals surface area contributed by atoms with Gasteiger partial charge in [-0.05, 0) is 136 Å². The summed E-state index contributed by atoms with van der Waals surface area (Å²) in [4.78, 5) is 0. The van der Waals surface area contributed by atoms with Gasteiger partial charge in [0.15, 0.2) is 0 Å². The number of nitrogens with one attached hydrogen (secondary N) is 8. The zero-order chi connectivity index (χ0) is 49.2. The Labute approximate surface area is 429 Å². The van der Waals surface area contributed by atoms with Crippen molar-refractivity contribution in [3.05, 3.63) is 121 Å². The van der Waals surface area contributed by atoms with Crippen molar-refractivity contribution in [1.29, 1.82) is 0 Å². The third-order valence-corrected chi connectivity index (χ3v) is 19.8. The van der Waals surface area contributed by atoms with Crippen molar-refractivity contribution >= 4 is 10.1 Å². The number of ether oxygens (including phenoxy) is 4. The van der Waals surface area contributed by atoms with Gasteiger partial charge in [-0.15, -0.1) is 0 Å². The summed E-state index contributed by atoms with van der Waals surface area (Å²) in [5, 5.41) is 43.5. The molecule has 73 heavy (non-hydrogen) atoms. The molecule has 5 saturated heterocycles. The van der Waals surface area contributed by atoms with Crippen LogP contribution in [0.15, 0.2) is 121 Å². The predicted molar refractivity (Wildman–Crippen MR) is 274 cm³/mol. The molecule has 0 aromatic heterocycles. The molecule has 4 aromatic rings. The van der Waals surface area contributed by atoms with Crippen LogP contribution in [0.1, 0.15) is 64.2 Å². The standard InChI is InChI=1S/C56H72N8O8S/c65-39-30-38-46(47(48(39)73(66,67)68)72-34-22-11-4-12-23-34)56-62-51-37-26-15-28-41(70-32-18-7-2-8-19-32)44(37)54(61-51)58-49-35-24-13-27-40(69-31-16-5-1-6-17-31)43(35)53(57-49)59-50-36-25-14-29-42(71-33-20-9-3-10-21-33)45(36)55(60-50)63-52(38)64-56/h1-12,16-23,35-65H,13-15,24-30H2,(H,66,67,68). The normalized spacial score (nSPS) is 42.9. The van der Waals surface area contributed by atoms with Crippen LogP contribution < -0.4 is 61.5 Å². The molecule has 0 spiro atoms. The van der Waals surface area contributed by atoms with Crippen LogP contribution >= 0.6 is 0 Å². The van der Waals surface area contributed by atoms with Crippen molar-refractivity contribution in [2.75, 3.05) is 0 Å². The molecule has 22 unspecified atom stereocenters. The SMILES string of the molecule is O=S(=O)(O)C1C(O)CC2C3NC4NC(NC5NC(NC6NC(NC(N3)C2C1Oc1ccccc1)C1CCCC(Oc2ccccc2)C61)C1CCCC(Oc2ccccc2)C51)C1CCCC(Oc2ccccc2)C41. The van der Waals surface area contributed by atoms with E-state index in [-0.39, 0.29) is 103 Å². The van der Waals surface area contributed by atoms with Gasteiger partial charge in [-0.2, -0.15) is 8.42 Å². The van der Waals surface area contributed by atoms with Crippen molar-refractivity contribution in [3.8, 4) is 23.0 Å². The van der Waals surface area contributed by atoms with Crippen LogP contribution in [0, 0.1) is 47.3 Å². The van der Waals surface area contributed by atoms with E-state index in [2.05, 4.69) is 54.7 Å². The lowest BCUT2D eigenvalue weighted by Crippen LogP contribution is -2.63. The van der Waals surface area contributed by atoms with Crippen molar-refractivity contribution in [1.82, 2.24) is 42.5 Å². The molecule has 4 saturated carbocycles. The van der Waals surface area contributed by atoms with E-state index >= 15 is 0 Å². The van der Waals surface area contributed by atoms with Gasteiger partial charge < -0.3 is 24.1 Å². The zero-order valence-corrected chi connectivity index (χ0v) is 41.9. The monoisotopic (exact) mass is 1020 g/mol. The van der Waals surface area contributed by atoms with Crippen molar-refractivity contribution in [3.63, 3.8) is 0 Å². The summed E-state index contributed by atoms with van der Waals surface area (Å²) in [6.45, 7) is 0. The molecule has 13 rings (SSSR count). The molecule has 10 N–H and O–H groups in total. The fourth-order valence-electron chi connectivity index (χ4n) is 15.7. The Morgan fingerprint density at radius 2 is 0.685 bits per heavy atom. The van der Waals surface area contributed by atoms with E-state index < -0.39 is 45.8 Å². The molecule has 22 atom stereocenters. The van der Waals surface area contributed by atoms with Crippen molar-refractivity contribution < 1.29 is 37.0 Å². The Hall–Kier alpha value is -4.37. The van der Waals surface area contributed by atoms with Gasteiger partial charge in [0.05, 0.1) is 55.4 Å². The molecular weight excluding hydrogens is 945 g/mol. The first kappa shape index (κ1) is 48.3. The molecule has 4 aromatic carbocycles. The third-order valence-electron chi connectivity index (χ3n) is 18.5. The van der Waals surface area contributed by atoms with Gasteiger partial charge in [0.2, 0.25) is 0 Å². The number of rotatable bonds is 9. The molecule has 9 fully saturated rings. The van der Waals surface area contributed by atoms with Crippen LogP contribution in [0.5, 0.6) is 23.0 Å². The van der Waals surface area contributed by atoms with E-state index in [4.69, 9.17) is 18.9 Å². The molecule has 4 aliphatic carbocycles. The number of para-hydroxylation sites is 4. The summed E-state index contributed by atoms with van der Waals surface area (Å²) in [5.41, 5.74) is 0. The molecule has 390 valence electrons. The molecule has 0 amide bonds. The fraction of sp³-hybridized carbons (Fsp3) is 0.571. The molecule has 5 aliphatic heterocycles. The molecule has 16 nitrogen and oxygen atoms in total. The number of aliphatic hydroxyl groups excluding tert-OH is 1. The molecule has 9 aliphatic rings. The molecule has 0 radical (unpaired) electrons. The van der Waals surface area contributed by atoms with Crippen LogP contribution in [0.4, 0.5) is 0 Å². The van der Waals surface area contributed by atoms with Crippen molar-refractivity contribution in [2.45, 2.75) is 149 Å². The number of hydrogen-bond acceptors (Lipinski definition) is 15. The van der Waals surface area contributed by atoms with Gasteiger partial charge in [0, 0.05) is 23.7 Å². The quantitative estimate of drug-likeness (QED) is 0.103. The van der Waals surface area contributed by atoms with E-state index in [9.17, 15) is 18.1 Å². The molecule has 8 bridgehead atoms. The van der Waals surface area contributed by atoms with E-state index in [1.54, 1.807) is 12.1 Å². The Bertz CT molecular complexity index is 2600. The third kappa shape index (κ3) is 9.44. The van der Waals surface area contributed by atoms with Gasteiger partial charge in [0.25, 0.3) is 10.1 Å². The lowest BCUT2D eigenvalue weighted by Gasteiger charge is -2.44. The maximum Gasteiger partial charge on any atom is 0.274 e. The summed E-state index contributed by atoms with van der Waals surface area (Å²) in [6.07, 6.45) is 4.49. The van der Waals surface area contributed by atoms with Crippen molar-refractivity contribution in [2.24, 2.45) is 47.3 Å². The number of hydrogen-bond donors (Lipinski definition) is 10. The van der Waals surface area contributed by atoms with Crippen LogP contribution in [0.25, 0.3) is 0 Å². The van der Waals surface area contributed by atoms with Gasteiger partial charge in [-0.25, -0.2) is 0 Å².